The minimum absolute atomic E-state index is 0.0244. The summed E-state index contributed by atoms with van der Waals surface area (Å²) in [6.07, 6.45) is 1.08. The molecular formula is C23H26F3N3O4. The van der Waals surface area contributed by atoms with Crippen LogP contribution in [0.5, 0.6) is 0 Å². The topological polar surface area (TPSA) is 90.8 Å². The number of amides is 2. The van der Waals surface area contributed by atoms with E-state index >= 15 is 0 Å². The first-order valence-corrected chi connectivity index (χ1v) is 10.8. The Morgan fingerprint density at radius 2 is 1.85 bits per heavy atom. The van der Waals surface area contributed by atoms with Gasteiger partial charge in [0.1, 0.15) is 0 Å². The van der Waals surface area contributed by atoms with Gasteiger partial charge in [0.05, 0.1) is 16.6 Å². The third-order valence-corrected chi connectivity index (χ3v) is 6.15. The van der Waals surface area contributed by atoms with Crippen molar-refractivity contribution in [2.45, 2.75) is 50.7 Å². The lowest BCUT2D eigenvalue weighted by molar-refractivity contribution is -0.192. The number of benzene rings is 1. The van der Waals surface area contributed by atoms with Crippen LogP contribution in [0, 0.1) is 0 Å². The van der Waals surface area contributed by atoms with Crippen molar-refractivity contribution < 1.29 is 32.7 Å². The van der Waals surface area contributed by atoms with Gasteiger partial charge in [0.15, 0.2) is 0 Å². The predicted molar refractivity (Wildman–Crippen MR) is 115 cm³/mol. The van der Waals surface area contributed by atoms with Crippen LogP contribution in [0.1, 0.15) is 49.4 Å². The highest BCUT2D eigenvalue weighted by Gasteiger charge is 2.45. The van der Waals surface area contributed by atoms with E-state index in [1.807, 2.05) is 47.1 Å². The fraction of sp³-hybridized carbons (Fsp3) is 0.478. The fourth-order valence-electron chi connectivity index (χ4n) is 4.70. The predicted octanol–water partition coefficient (Wildman–Crippen LogP) is 3.88. The molecule has 4 rings (SSSR count). The van der Waals surface area contributed by atoms with Crippen molar-refractivity contribution in [3.63, 3.8) is 0 Å². The molecule has 2 fully saturated rings. The second-order valence-electron chi connectivity index (χ2n) is 8.27. The molecule has 0 bridgehead atoms. The quantitative estimate of drug-likeness (QED) is 0.727. The third kappa shape index (κ3) is 5.43. The Bertz CT molecular complexity index is 1040. The molecule has 0 aliphatic carbocycles. The normalized spacial score (nSPS) is 21.0. The second kappa shape index (κ2) is 9.76. The SMILES string of the molecule is CCN1C(=O)CCCC12CCCN(C(=O)c1cnc3ccccc3c1)C2.O=C(O)C(F)(F)F. The highest BCUT2D eigenvalue weighted by Crippen LogP contribution is 2.37. The smallest absolute Gasteiger partial charge is 0.475 e. The molecule has 2 aliphatic rings. The van der Waals surface area contributed by atoms with Crippen LogP contribution >= 0.6 is 0 Å². The van der Waals surface area contributed by atoms with Gasteiger partial charge in [-0.2, -0.15) is 13.2 Å². The van der Waals surface area contributed by atoms with Gasteiger partial charge >= 0.3 is 12.1 Å². The van der Waals surface area contributed by atoms with Crippen LogP contribution < -0.4 is 0 Å². The van der Waals surface area contributed by atoms with Gasteiger partial charge in [0.2, 0.25) is 5.91 Å². The molecule has 2 amide bonds. The van der Waals surface area contributed by atoms with E-state index in [2.05, 4.69) is 4.98 Å². The van der Waals surface area contributed by atoms with Crippen LogP contribution in [-0.4, -0.2) is 69.0 Å². The number of alkyl halides is 3. The number of likely N-dealkylation sites (tertiary alicyclic amines) is 2. The molecule has 3 heterocycles. The Kier molecular flexibility index (Phi) is 7.24. The lowest BCUT2D eigenvalue weighted by Gasteiger charge is -2.51. The van der Waals surface area contributed by atoms with Crippen molar-refractivity contribution in [2.24, 2.45) is 0 Å². The number of aromatic nitrogens is 1. The Labute approximate surface area is 189 Å². The number of pyridine rings is 1. The van der Waals surface area contributed by atoms with Crippen LogP contribution in [0.3, 0.4) is 0 Å². The van der Waals surface area contributed by atoms with Crippen molar-refractivity contribution >= 4 is 28.7 Å². The average Bonchev–Trinajstić information content (AvgIpc) is 2.78. The molecule has 1 N–H and O–H groups in total. The van der Waals surface area contributed by atoms with Gasteiger partial charge in [-0.1, -0.05) is 18.2 Å². The summed E-state index contributed by atoms with van der Waals surface area (Å²) in [5, 5.41) is 8.10. The van der Waals surface area contributed by atoms with Crippen LogP contribution in [0.15, 0.2) is 36.5 Å². The minimum Gasteiger partial charge on any atom is -0.475 e. The molecule has 2 aromatic rings. The van der Waals surface area contributed by atoms with Crippen molar-refractivity contribution in [1.82, 2.24) is 14.8 Å². The maximum absolute atomic E-state index is 13.1. The Morgan fingerprint density at radius 1 is 1.18 bits per heavy atom. The number of carboxylic acids is 1. The average molecular weight is 465 g/mol. The molecule has 2 aliphatic heterocycles. The number of hydrogen-bond acceptors (Lipinski definition) is 4. The summed E-state index contributed by atoms with van der Waals surface area (Å²) >= 11 is 0. The van der Waals surface area contributed by atoms with Gasteiger partial charge < -0.3 is 14.9 Å². The number of fused-ring (bicyclic) bond motifs is 1. The molecule has 7 nitrogen and oxygen atoms in total. The van der Waals surface area contributed by atoms with Crippen LogP contribution in [0.2, 0.25) is 0 Å². The van der Waals surface area contributed by atoms with Crippen molar-refractivity contribution in [3.05, 3.63) is 42.1 Å². The Morgan fingerprint density at radius 3 is 2.52 bits per heavy atom. The maximum atomic E-state index is 13.1. The number of piperidine rings is 2. The van der Waals surface area contributed by atoms with E-state index in [4.69, 9.17) is 9.90 Å². The molecule has 0 radical (unpaired) electrons. The zero-order valence-electron chi connectivity index (χ0n) is 18.3. The number of carbonyl (C=O) groups is 3. The monoisotopic (exact) mass is 465 g/mol. The molecule has 0 saturated carbocycles. The molecule has 1 aromatic carbocycles. The molecular weight excluding hydrogens is 439 g/mol. The molecule has 1 unspecified atom stereocenters. The molecule has 1 aromatic heterocycles. The summed E-state index contributed by atoms with van der Waals surface area (Å²) in [5.41, 5.74) is 1.35. The first-order chi connectivity index (χ1) is 15.6. The van der Waals surface area contributed by atoms with Gasteiger partial charge in [-0.3, -0.25) is 14.6 Å². The molecule has 1 spiro atoms. The van der Waals surface area contributed by atoms with Crippen molar-refractivity contribution in [1.29, 1.82) is 0 Å². The van der Waals surface area contributed by atoms with E-state index in [0.29, 0.717) is 18.5 Å². The number of aliphatic carboxylic acids is 1. The van der Waals surface area contributed by atoms with Crippen LogP contribution in [0.4, 0.5) is 13.2 Å². The van der Waals surface area contributed by atoms with E-state index in [-0.39, 0.29) is 17.4 Å². The standard InChI is InChI=1S/C21H25N3O2.C2HF3O2/c1-2-24-19(25)9-5-10-21(24)11-6-12-23(15-21)20(26)17-13-16-7-3-4-8-18(16)22-14-17;3-2(4,5)1(6)7/h3-4,7-8,13-14H,2,5-6,9-12,15H2,1H3;(H,6,7). The Balaban J connectivity index is 0.000000383. The second-order valence-corrected chi connectivity index (χ2v) is 8.27. The summed E-state index contributed by atoms with van der Waals surface area (Å²) in [7, 11) is 0. The van der Waals surface area contributed by atoms with E-state index in [0.717, 1.165) is 49.7 Å². The summed E-state index contributed by atoms with van der Waals surface area (Å²) in [5.74, 6) is -2.50. The fourth-order valence-corrected chi connectivity index (χ4v) is 4.70. The lowest BCUT2D eigenvalue weighted by Crippen LogP contribution is -2.63. The van der Waals surface area contributed by atoms with Gasteiger partial charge in [0.25, 0.3) is 5.91 Å². The number of halogens is 3. The molecule has 178 valence electrons. The summed E-state index contributed by atoms with van der Waals surface area (Å²) < 4.78 is 31.7. The van der Waals surface area contributed by atoms with Crippen molar-refractivity contribution in [3.8, 4) is 0 Å². The molecule has 2 saturated heterocycles. The van der Waals surface area contributed by atoms with Gasteiger partial charge in [0, 0.05) is 37.6 Å². The van der Waals surface area contributed by atoms with E-state index in [1.54, 1.807) is 6.20 Å². The molecule has 1 atom stereocenters. The Hall–Kier alpha value is -3.17. The van der Waals surface area contributed by atoms with Gasteiger partial charge in [-0.15, -0.1) is 0 Å². The first kappa shape index (κ1) is 24.5. The number of rotatable bonds is 2. The first-order valence-electron chi connectivity index (χ1n) is 10.8. The minimum atomic E-state index is -5.08. The zero-order chi connectivity index (χ0) is 24.2. The van der Waals surface area contributed by atoms with Crippen LogP contribution in [0.25, 0.3) is 10.9 Å². The summed E-state index contributed by atoms with van der Waals surface area (Å²) in [6.45, 7) is 4.15. The van der Waals surface area contributed by atoms with Gasteiger partial charge in [-0.05, 0) is 44.7 Å². The number of carbonyl (C=O) groups excluding carboxylic acids is 2. The third-order valence-electron chi connectivity index (χ3n) is 6.15. The number of nitrogens with zero attached hydrogens (tertiary/aromatic N) is 3. The summed E-state index contributed by atoms with van der Waals surface area (Å²) in [6, 6.07) is 9.77. The zero-order valence-corrected chi connectivity index (χ0v) is 18.3. The number of para-hydroxylation sites is 1. The highest BCUT2D eigenvalue weighted by atomic mass is 19.4. The van der Waals surface area contributed by atoms with E-state index in [1.165, 1.54) is 0 Å². The molecule has 33 heavy (non-hydrogen) atoms. The largest absolute Gasteiger partial charge is 0.490 e. The van der Waals surface area contributed by atoms with Crippen molar-refractivity contribution in [2.75, 3.05) is 19.6 Å². The lowest BCUT2D eigenvalue weighted by atomic mass is 9.79. The van der Waals surface area contributed by atoms with Crippen LogP contribution in [-0.2, 0) is 9.59 Å². The number of hydrogen-bond donors (Lipinski definition) is 1. The number of carboxylic acid groups (broad SMARTS) is 1. The molecule has 10 heteroatoms. The number of likely N-dealkylation sites (N-methyl/N-ethyl adjacent to an activating group) is 1. The van der Waals surface area contributed by atoms with Gasteiger partial charge in [-0.25, -0.2) is 4.79 Å². The maximum Gasteiger partial charge on any atom is 0.490 e. The van der Waals surface area contributed by atoms with E-state index < -0.39 is 12.1 Å². The van der Waals surface area contributed by atoms with E-state index in [9.17, 15) is 22.8 Å². The summed E-state index contributed by atoms with van der Waals surface area (Å²) in [4.78, 5) is 42.8. The highest BCUT2D eigenvalue weighted by molar-refractivity contribution is 5.97.